The zero-order valence-corrected chi connectivity index (χ0v) is 9.14. The third-order valence-corrected chi connectivity index (χ3v) is 2.59. The van der Waals surface area contributed by atoms with Crippen LogP contribution in [0.2, 0.25) is 0 Å². The van der Waals surface area contributed by atoms with Crippen LogP contribution in [0.1, 0.15) is 6.23 Å². The second-order valence-corrected chi connectivity index (χ2v) is 3.73. The number of aromatic nitrogens is 2. The molecule has 7 heteroatoms. The summed E-state index contributed by atoms with van der Waals surface area (Å²) in [6.07, 6.45) is 0.604. The first kappa shape index (κ1) is 11.4. The third-order valence-electron chi connectivity index (χ3n) is 2.25. The van der Waals surface area contributed by atoms with Crippen LogP contribution in [0.3, 0.4) is 0 Å². The fourth-order valence-corrected chi connectivity index (χ4v) is 1.64. The quantitative estimate of drug-likeness (QED) is 0.727. The standard InChI is InChI=1S/C9H11ClN2O4/c10-3-6-4-15-5-8(16-6)12-2-1-7(13)11-9(12)14/h1-2,6,8H,3-5H2,(H,11,13,14)/t6?,8-/m1/s1. The summed E-state index contributed by atoms with van der Waals surface area (Å²) in [5, 5.41) is 0. The van der Waals surface area contributed by atoms with Crippen LogP contribution >= 0.6 is 11.6 Å². The zero-order valence-electron chi connectivity index (χ0n) is 8.39. The molecule has 1 aliphatic heterocycles. The summed E-state index contributed by atoms with van der Waals surface area (Å²) in [6, 6.07) is 1.26. The number of alkyl halides is 1. The lowest BCUT2D eigenvalue weighted by molar-refractivity contribution is -0.161. The second-order valence-electron chi connectivity index (χ2n) is 3.42. The van der Waals surface area contributed by atoms with Crippen molar-refractivity contribution in [3.63, 3.8) is 0 Å². The molecule has 2 heterocycles. The summed E-state index contributed by atoms with van der Waals surface area (Å²) in [4.78, 5) is 24.5. The maximum Gasteiger partial charge on any atom is 0.330 e. The molecule has 0 amide bonds. The largest absolute Gasteiger partial charge is 0.374 e. The molecule has 1 aliphatic rings. The maximum absolute atomic E-state index is 11.5. The number of hydrogen-bond donors (Lipinski definition) is 1. The Hall–Kier alpha value is -1.11. The summed E-state index contributed by atoms with van der Waals surface area (Å²) >= 11 is 5.65. The Morgan fingerprint density at radius 3 is 3.00 bits per heavy atom. The normalized spacial score (nSPS) is 25.6. The lowest BCUT2D eigenvalue weighted by Gasteiger charge is -2.29. The molecular formula is C9H11ClN2O4. The molecule has 0 saturated carbocycles. The summed E-state index contributed by atoms with van der Waals surface area (Å²) < 4.78 is 12.1. The molecule has 0 spiro atoms. The lowest BCUT2D eigenvalue weighted by atomic mass is 10.4. The van der Waals surface area contributed by atoms with Gasteiger partial charge in [-0.25, -0.2) is 4.79 Å². The molecule has 88 valence electrons. The highest BCUT2D eigenvalue weighted by Crippen LogP contribution is 2.16. The number of hydrogen-bond acceptors (Lipinski definition) is 4. The lowest BCUT2D eigenvalue weighted by Crippen LogP contribution is -2.40. The minimum absolute atomic E-state index is 0.237. The Morgan fingerprint density at radius 1 is 1.50 bits per heavy atom. The van der Waals surface area contributed by atoms with Gasteiger partial charge in [-0.2, -0.15) is 0 Å². The molecule has 0 aliphatic carbocycles. The first-order valence-electron chi connectivity index (χ1n) is 4.81. The molecule has 6 nitrogen and oxygen atoms in total. The molecule has 1 N–H and O–H groups in total. The Morgan fingerprint density at radius 2 is 2.31 bits per heavy atom. The van der Waals surface area contributed by atoms with E-state index in [1.807, 2.05) is 0 Å². The molecule has 0 aromatic carbocycles. The van der Waals surface area contributed by atoms with E-state index in [0.29, 0.717) is 12.5 Å². The minimum atomic E-state index is -0.540. The van der Waals surface area contributed by atoms with Crippen molar-refractivity contribution in [1.29, 1.82) is 0 Å². The van der Waals surface area contributed by atoms with E-state index in [9.17, 15) is 9.59 Å². The van der Waals surface area contributed by atoms with E-state index in [-0.39, 0.29) is 12.7 Å². The summed E-state index contributed by atoms with van der Waals surface area (Å²) in [7, 11) is 0. The Kier molecular flexibility index (Phi) is 3.42. The van der Waals surface area contributed by atoms with Gasteiger partial charge in [0.25, 0.3) is 5.56 Å². The van der Waals surface area contributed by atoms with Gasteiger partial charge in [-0.3, -0.25) is 14.3 Å². The number of nitrogens with one attached hydrogen (secondary N) is 1. The zero-order chi connectivity index (χ0) is 11.5. The minimum Gasteiger partial charge on any atom is -0.374 e. The first-order chi connectivity index (χ1) is 7.70. The number of aromatic amines is 1. The van der Waals surface area contributed by atoms with Crippen molar-refractivity contribution in [2.45, 2.75) is 12.3 Å². The molecule has 0 radical (unpaired) electrons. The number of H-pyrrole nitrogens is 1. The van der Waals surface area contributed by atoms with Gasteiger partial charge in [0.15, 0.2) is 6.23 Å². The second kappa shape index (κ2) is 4.82. The molecule has 1 saturated heterocycles. The molecule has 1 aromatic rings. The van der Waals surface area contributed by atoms with E-state index in [4.69, 9.17) is 21.1 Å². The van der Waals surface area contributed by atoms with Crippen LogP contribution in [0.15, 0.2) is 21.9 Å². The summed E-state index contributed by atoms with van der Waals surface area (Å²) in [5.74, 6) is 0.300. The first-order valence-corrected chi connectivity index (χ1v) is 5.35. The smallest absolute Gasteiger partial charge is 0.330 e. The predicted molar refractivity (Wildman–Crippen MR) is 56.8 cm³/mol. The van der Waals surface area contributed by atoms with E-state index in [2.05, 4.69) is 4.98 Å². The monoisotopic (exact) mass is 246 g/mol. The number of halogens is 1. The number of nitrogens with zero attached hydrogens (tertiary/aromatic N) is 1. The van der Waals surface area contributed by atoms with Gasteiger partial charge in [0.1, 0.15) is 0 Å². The van der Waals surface area contributed by atoms with Crippen LogP contribution in [0.4, 0.5) is 0 Å². The molecule has 2 rings (SSSR count). The van der Waals surface area contributed by atoms with Gasteiger partial charge in [0.05, 0.1) is 25.2 Å². The summed E-state index contributed by atoms with van der Waals surface area (Å²) in [5.41, 5.74) is -0.955. The van der Waals surface area contributed by atoms with Gasteiger partial charge in [-0.1, -0.05) is 0 Å². The third kappa shape index (κ3) is 2.34. The highest BCUT2D eigenvalue weighted by molar-refractivity contribution is 6.18. The molecule has 1 aromatic heterocycles. The van der Waals surface area contributed by atoms with Gasteiger partial charge >= 0.3 is 5.69 Å². The molecule has 2 atom stereocenters. The van der Waals surface area contributed by atoms with Crippen molar-refractivity contribution >= 4 is 11.6 Å². The van der Waals surface area contributed by atoms with E-state index in [0.717, 1.165) is 0 Å². The van der Waals surface area contributed by atoms with Crippen LogP contribution in [0.25, 0.3) is 0 Å². The van der Waals surface area contributed by atoms with Crippen molar-refractivity contribution < 1.29 is 9.47 Å². The van der Waals surface area contributed by atoms with Crippen molar-refractivity contribution in [1.82, 2.24) is 9.55 Å². The van der Waals surface area contributed by atoms with E-state index < -0.39 is 17.5 Å². The van der Waals surface area contributed by atoms with Crippen molar-refractivity contribution in [3.05, 3.63) is 33.1 Å². The van der Waals surface area contributed by atoms with Gasteiger partial charge in [-0.05, 0) is 0 Å². The number of rotatable bonds is 2. The van der Waals surface area contributed by atoms with E-state index in [1.54, 1.807) is 0 Å². The van der Waals surface area contributed by atoms with Crippen LogP contribution < -0.4 is 11.2 Å². The van der Waals surface area contributed by atoms with Crippen LogP contribution in [-0.4, -0.2) is 34.7 Å². The van der Waals surface area contributed by atoms with Crippen molar-refractivity contribution in [2.75, 3.05) is 19.1 Å². The average Bonchev–Trinajstić information content (AvgIpc) is 2.29. The Bertz CT molecular complexity index is 469. The fourth-order valence-electron chi connectivity index (χ4n) is 1.48. The molecule has 0 bridgehead atoms. The SMILES string of the molecule is O=c1ccn([C@H]2COCC(CCl)O2)c(=O)[nH]1. The van der Waals surface area contributed by atoms with Gasteiger partial charge < -0.3 is 9.47 Å². The molecular weight excluding hydrogens is 236 g/mol. The molecule has 1 unspecified atom stereocenters. The van der Waals surface area contributed by atoms with Crippen molar-refractivity contribution in [3.8, 4) is 0 Å². The number of ether oxygens (including phenoxy) is 2. The van der Waals surface area contributed by atoms with E-state index in [1.165, 1.54) is 16.8 Å². The fraction of sp³-hybridized carbons (Fsp3) is 0.556. The predicted octanol–water partition coefficient (Wildman–Crippen LogP) is -0.311. The Balaban J connectivity index is 2.23. The van der Waals surface area contributed by atoms with Crippen LogP contribution in [0.5, 0.6) is 0 Å². The summed E-state index contributed by atoms with van der Waals surface area (Å²) in [6.45, 7) is 0.678. The molecule has 16 heavy (non-hydrogen) atoms. The topological polar surface area (TPSA) is 73.3 Å². The van der Waals surface area contributed by atoms with Crippen LogP contribution in [0, 0.1) is 0 Å². The van der Waals surface area contributed by atoms with E-state index >= 15 is 0 Å². The Labute approximate surface area is 95.8 Å². The maximum atomic E-state index is 11.5. The van der Waals surface area contributed by atoms with Gasteiger partial charge in [-0.15, -0.1) is 11.6 Å². The van der Waals surface area contributed by atoms with Crippen LogP contribution in [-0.2, 0) is 9.47 Å². The highest BCUT2D eigenvalue weighted by atomic mass is 35.5. The molecule has 1 fully saturated rings. The van der Waals surface area contributed by atoms with Gasteiger partial charge in [0, 0.05) is 12.3 Å². The van der Waals surface area contributed by atoms with Gasteiger partial charge in [0.2, 0.25) is 0 Å². The average molecular weight is 247 g/mol. The van der Waals surface area contributed by atoms with Crippen molar-refractivity contribution in [2.24, 2.45) is 0 Å². The highest BCUT2D eigenvalue weighted by Gasteiger charge is 2.24.